The van der Waals surface area contributed by atoms with Crippen LogP contribution in [0.3, 0.4) is 0 Å². The molecule has 0 spiro atoms. The molecule has 0 heterocycles. The van der Waals surface area contributed by atoms with Gasteiger partial charge in [0.2, 0.25) is 0 Å². The number of nitrogens with zero attached hydrogens (tertiary/aromatic N) is 1. The molecule has 0 saturated carbocycles. The van der Waals surface area contributed by atoms with Crippen LogP contribution in [0.15, 0.2) is 36.2 Å². The molecule has 0 aromatic heterocycles. The normalized spacial score (nSPS) is 11.4. The predicted octanol–water partition coefficient (Wildman–Crippen LogP) is 2.26. The summed E-state index contributed by atoms with van der Waals surface area (Å²) in [4.78, 5) is 10.8. The molecule has 110 valence electrons. The summed E-state index contributed by atoms with van der Waals surface area (Å²) in [6, 6.07) is 6.17. The number of hydrogen-bond donors (Lipinski definition) is 2. The SMILES string of the molecule is N/C(=C\N(N)Cc1ccc(F)cc1)CCCCC(=O)P. The smallest absolute Gasteiger partial charge is 0.148 e. The van der Waals surface area contributed by atoms with Gasteiger partial charge in [-0.1, -0.05) is 21.4 Å². The molecular formula is C14H21FN3OP. The topological polar surface area (TPSA) is 72.3 Å². The maximum Gasteiger partial charge on any atom is 0.148 e. The summed E-state index contributed by atoms with van der Waals surface area (Å²) in [5.74, 6) is 5.56. The lowest BCUT2D eigenvalue weighted by Crippen LogP contribution is -2.26. The number of allylic oxidation sites excluding steroid dienone is 1. The van der Waals surface area contributed by atoms with E-state index in [0.717, 1.165) is 18.4 Å². The lowest BCUT2D eigenvalue weighted by molar-refractivity contribution is -0.111. The molecule has 1 atom stereocenters. The van der Waals surface area contributed by atoms with Crippen LogP contribution in [0.1, 0.15) is 31.2 Å². The summed E-state index contributed by atoms with van der Waals surface area (Å²) in [6.07, 6.45) is 4.60. The van der Waals surface area contributed by atoms with Crippen LogP contribution in [0, 0.1) is 5.82 Å². The number of carbonyl (C=O) groups excluding carboxylic acids is 1. The highest BCUT2D eigenvalue weighted by molar-refractivity contribution is 7.40. The number of nitrogens with two attached hydrogens (primary N) is 2. The average Bonchev–Trinajstić information content (AvgIpc) is 2.37. The minimum atomic E-state index is -0.268. The molecule has 1 aromatic rings. The molecule has 0 saturated heterocycles. The van der Waals surface area contributed by atoms with E-state index >= 15 is 0 Å². The highest BCUT2D eigenvalue weighted by Crippen LogP contribution is 2.09. The van der Waals surface area contributed by atoms with E-state index in [-0.39, 0.29) is 11.3 Å². The second-order valence-corrected chi connectivity index (χ2v) is 5.32. The second kappa shape index (κ2) is 8.67. The molecule has 1 aromatic carbocycles. The third-order valence-electron chi connectivity index (χ3n) is 2.75. The van der Waals surface area contributed by atoms with Gasteiger partial charge in [0.15, 0.2) is 0 Å². The number of unbranched alkanes of at least 4 members (excludes halogenated alkanes) is 1. The van der Waals surface area contributed by atoms with Gasteiger partial charge in [0.1, 0.15) is 11.3 Å². The fourth-order valence-electron chi connectivity index (χ4n) is 1.75. The quantitative estimate of drug-likeness (QED) is 0.334. The zero-order chi connectivity index (χ0) is 15.0. The summed E-state index contributed by atoms with van der Waals surface area (Å²) in [6.45, 7) is 0.463. The number of halogens is 1. The van der Waals surface area contributed by atoms with E-state index in [1.54, 1.807) is 18.3 Å². The summed E-state index contributed by atoms with van der Waals surface area (Å²) < 4.78 is 12.8. The zero-order valence-corrected chi connectivity index (χ0v) is 12.5. The molecule has 0 fully saturated rings. The molecule has 6 heteroatoms. The second-order valence-electron chi connectivity index (χ2n) is 4.68. The van der Waals surface area contributed by atoms with Crippen molar-refractivity contribution in [2.45, 2.75) is 32.2 Å². The molecule has 1 rings (SSSR count). The van der Waals surface area contributed by atoms with Gasteiger partial charge >= 0.3 is 0 Å². The van der Waals surface area contributed by atoms with Crippen molar-refractivity contribution < 1.29 is 9.18 Å². The van der Waals surface area contributed by atoms with Crippen LogP contribution in [0.2, 0.25) is 0 Å². The van der Waals surface area contributed by atoms with Gasteiger partial charge in [-0.15, -0.1) is 0 Å². The van der Waals surface area contributed by atoms with Crippen LogP contribution in [0.25, 0.3) is 0 Å². The molecular weight excluding hydrogens is 276 g/mol. The lowest BCUT2D eigenvalue weighted by Gasteiger charge is -2.15. The van der Waals surface area contributed by atoms with Crippen molar-refractivity contribution in [2.75, 3.05) is 0 Å². The predicted molar refractivity (Wildman–Crippen MR) is 81.6 cm³/mol. The van der Waals surface area contributed by atoms with Crippen LogP contribution >= 0.6 is 9.24 Å². The molecule has 20 heavy (non-hydrogen) atoms. The number of hydrazine groups is 1. The first-order valence-corrected chi connectivity index (χ1v) is 7.05. The van der Waals surface area contributed by atoms with Crippen molar-refractivity contribution in [3.05, 3.63) is 47.5 Å². The zero-order valence-electron chi connectivity index (χ0n) is 11.4. The lowest BCUT2D eigenvalue weighted by atomic mass is 10.1. The van der Waals surface area contributed by atoms with Gasteiger partial charge < -0.3 is 10.7 Å². The number of hydrogen-bond acceptors (Lipinski definition) is 4. The minimum Gasteiger partial charge on any atom is -0.401 e. The van der Waals surface area contributed by atoms with Gasteiger partial charge in [0.25, 0.3) is 0 Å². The molecule has 4 nitrogen and oxygen atoms in total. The Bertz CT molecular complexity index is 462. The highest BCUT2D eigenvalue weighted by atomic mass is 31.0. The van der Waals surface area contributed by atoms with Crippen LogP contribution in [-0.2, 0) is 11.3 Å². The van der Waals surface area contributed by atoms with Crippen molar-refractivity contribution in [3.8, 4) is 0 Å². The molecule has 0 radical (unpaired) electrons. The molecule has 0 aliphatic heterocycles. The monoisotopic (exact) mass is 297 g/mol. The average molecular weight is 297 g/mol. The fraction of sp³-hybridized carbons (Fsp3) is 0.357. The third kappa shape index (κ3) is 7.22. The molecule has 0 aliphatic carbocycles. The summed E-state index contributed by atoms with van der Waals surface area (Å²) in [7, 11) is 2.16. The third-order valence-corrected chi connectivity index (χ3v) is 3.04. The van der Waals surface area contributed by atoms with Crippen LogP contribution in [0.4, 0.5) is 4.39 Å². The van der Waals surface area contributed by atoms with Gasteiger partial charge in [-0.2, -0.15) is 0 Å². The van der Waals surface area contributed by atoms with E-state index in [1.807, 2.05) is 0 Å². The fourth-order valence-corrected chi connectivity index (χ4v) is 1.96. The number of carbonyl (C=O) groups is 1. The van der Waals surface area contributed by atoms with Crippen LogP contribution in [0.5, 0.6) is 0 Å². The van der Waals surface area contributed by atoms with E-state index in [4.69, 9.17) is 11.6 Å². The Labute approximate surface area is 121 Å². The van der Waals surface area contributed by atoms with Gasteiger partial charge in [0, 0.05) is 18.3 Å². The standard InChI is InChI=1S/C14H21FN3OP/c15-12-7-5-11(6-8-12)9-18(17)10-13(16)3-1-2-4-14(19)20/h5-8,10H,1-4,9,16-17,20H2/b13-10-. The Kier molecular flexibility index (Phi) is 7.20. The molecule has 1 unspecified atom stereocenters. The van der Waals surface area contributed by atoms with Crippen molar-refractivity contribution in [3.63, 3.8) is 0 Å². The highest BCUT2D eigenvalue weighted by Gasteiger charge is 2.00. The van der Waals surface area contributed by atoms with Crippen molar-refractivity contribution >= 4 is 14.8 Å². The number of benzene rings is 1. The van der Waals surface area contributed by atoms with E-state index in [2.05, 4.69) is 9.24 Å². The van der Waals surface area contributed by atoms with E-state index < -0.39 is 0 Å². The molecule has 0 amide bonds. The van der Waals surface area contributed by atoms with Gasteiger partial charge in [-0.05, 0) is 37.0 Å². The van der Waals surface area contributed by atoms with Gasteiger partial charge in [-0.25, -0.2) is 10.2 Å². The van der Waals surface area contributed by atoms with Gasteiger partial charge in [-0.3, -0.25) is 4.79 Å². The first kappa shape index (κ1) is 16.6. The maximum absolute atomic E-state index is 12.8. The molecule has 0 bridgehead atoms. The first-order chi connectivity index (χ1) is 9.47. The van der Waals surface area contributed by atoms with Crippen LogP contribution in [-0.4, -0.2) is 10.5 Å². The van der Waals surface area contributed by atoms with E-state index in [0.29, 0.717) is 25.1 Å². The Hall–Kier alpha value is -1.45. The van der Waals surface area contributed by atoms with Crippen molar-refractivity contribution in [1.82, 2.24) is 5.01 Å². The van der Waals surface area contributed by atoms with Crippen LogP contribution < -0.4 is 11.6 Å². The van der Waals surface area contributed by atoms with E-state index in [9.17, 15) is 9.18 Å². The van der Waals surface area contributed by atoms with Crippen molar-refractivity contribution in [2.24, 2.45) is 11.6 Å². The maximum atomic E-state index is 12.8. The largest absolute Gasteiger partial charge is 0.401 e. The summed E-state index contributed by atoms with van der Waals surface area (Å²) in [5, 5.41) is 1.48. The molecule has 0 aliphatic rings. The number of rotatable bonds is 8. The van der Waals surface area contributed by atoms with E-state index in [1.165, 1.54) is 17.1 Å². The molecule has 4 N–H and O–H groups in total. The Morgan fingerprint density at radius 2 is 1.85 bits per heavy atom. The first-order valence-electron chi connectivity index (χ1n) is 6.47. The van der Waals surface area contributed by atoms with Crippen molar-refractivity contribution in [1.29, 1.82) is 0 Å². The summed E-state index contributed by atoms with van der Waals surface area (Å²) in [5.41, 5.74) is 7.55. The summed E-state index contributed by atoms with van der Waals surface area (Å²) >= 11 is 0. The Balaban J connectivity index is 2.35. The minimum absolute atomic E-state index is 0.115. The Morgan fingerprint density at radius 3 is 2.45 bits per heavy atom. The van der Waals surface area contributed by atoms with Gasteiger partial charge in [0.05, 0.1) is 6.54 Å². The Morgan fingerprint density at radius 1 is 1.25 bits per heavy atom.